The number of fused-ring (bicyclic) bond motifs is 2. The van der Waals surface area contributed by atoms with Gasteiger partial charge in [0.15, 0.2) is 0 Å². The highest BCUT2D eigenvalue weighted by molar-refractivity contribution is 5.76. The summed E-state index contributed by atoms with van der Waals surface area (Å²) < 4.78 is 43.8. The molecular formula is C26H27F3N8O3. The van der Waals surface area contributed by atoms with E-state index in [4.69, 9.17) is 0 Å². The summed E-state index contributed by atoms with van der Waals surface area (Å²) in [4.78, 5) is 31.6. The largest absolute Gasteiger partial charge is 0.388 e. The number of halogens is 3. The first-order valence-electron chi connectivity index (χ1n) is 13.0. The molecule has 11 nitrogen and oxygen atoms in total. The van der Waals surface area contributed by atoms with E-state index in [1.807, 2.05) is 12.1 Å². The standard InChI is InChI=1S/C26H27F3N8O3/c27-21-3-6-36(33-21)19(23(28)29)10-22(38)34-7-4-26(40,5-8-34)14-35-15-32-37-20(13-31-24(37)25(35)39)16-1-2-17-11-30-12-18(17)9-16/h1-3,6,9,13,15,19,23,30,40H,4-5,7-8,10-12,14H2. The lowest BCUT2D eigenvalue weighted by molar-refractivity contribution is -0.138. The van der Waals surface area contributed by atoms with Gasteiger partial charge < -0.3 is 15.3 Å². The van der Waals surface area contributed by atoms with Crippen molar-refractivity contribution in [1.82, 2.24) is 39.2 Å². The molecule has 1 aromatic carbocycles. The van der Waals surface area contributed by atoms with Crippen LogP contribution >= 0.6 is 0 Å². The van der Waals surface area contributed by atoms with Crippen LogP contribution < -0.4 is 10.9 Å². The van der Waals surface area contributed by atoms with Gasteiger partial charge in [-0.05, 0) is 30.0 Å². The van der Waals surface area contributed by atoms with Crippen molar-refractivity contribution in [2.24, 2.45) is 0 Å². The first-order valence-corrected chi connectivity index (χ1v) is 13.0. The number of carbonyl (C=O) groups is 1. The van der Waals surface area contributed by atoms with Crippen LogP contribution in [0.5, 0.6) is 0 Å². The predicted octanol–water partition coefficient (Wildman–Crippen LogP) is 1.75. The Labute approximate surface area is 225 Å². The number of piperidine rings is 1. The van der Waals surface area contributed by atoms with Gasteiger partial charge in [0.05, 0.1) is 30.5 Å². The fraction of sp³-hybridized carbons (Fsp3) is 0.423. The van der Waals surface area contributed by atoms with Gasteiger partial charge in [0, 0.05) is 44.0 Å². The second-order valence-electron chi connectivity index (χ2n) is 10.4. The average molecular weight is 557 g/mol. The quantitative estimate of drug-likeness (QED) is 0.356. The molecule has 210 valence electrons. The molecule has 1 saturated heterocycles. The summed E-state index contributed by atoms with van der Waals surface area (Å²) in [5.74, 6) is -1.45. The highest BCUT2D eigenvalue weighted by Gasteiger charge is 2.36. The second kappa shape index (κ2) is 10.2. The molecule has 40 heavy (non-hydrogen) atoms. The molecule has 1 unspecified atom stereocenters. The normalized spacial score (nSPS) is 17.5. The molecule has 1 amide bonds. The lowest BCUT2D eigenvalue weighted by Gasteiger charge is -2.38. The van der Waals surface area contributed by atoms with Crippen molar-refractivity contribution in [3.05, 3.63) is 70.4 Å². The molecule has 0 spiro atoms. The number of aromatic nitrogens is 6. The maximum atomic E-state index is 13.5. The summed E-state index contributed by atoms with van der Waals surface area (Å²) in [6, 6.07) is 5.42. The Morgan fingerprint density at radius 3 is 2.65 bits per heavy atom. The molecule has 0 saturated carbocycles. The highest BCUT2D eigenvalue weighted by Crippen LogP contribution is 2.28. The van der Waals surface area contributed by atoms with Crippen LogP contribution in [-0.4, -0.2) is 70.0 Å². The lowest BCUT2D eigenvalue weighted by Crippen LogP contribution is -2.50. The van der Waals surface area contributed by atoms with Crippen LogP contribution in [0.15, 0.2) is 47.8 Å². The molecule has 14 heteroatoms. The first-order chi connectivity index (χ1) is 19.2. The monoisotopic (exact) mass is 556 g/mol. The number of nitrogens with one attached hydrogen (secondary N) is 1. The van der Waals surface area contributed by atoms with Gasteiger partial charge in [0.25, 0.3) is 12.0 Å². The fourth-order valence-corrected chi connectivity index (χ4v) is 5.42. The SMILES string of the molecule is O=C(CC(C(F)F)n1ccc(F)n1)N1CCC(O)(Cn2cnn3c(-c4ccc5c(c4)CNC5)cnc3c2=O)CC1. The van der Waals surface area contributed by atoms with Crippen molar-refractivity contribution in [3.63, 3.8) is 0 Å². The first kappa shape index (κ1) is 26.2. The Kier molecular flexibility index (Phi) is 6.66. The van der Waals surface area contributed by atoms with E-state index in [1.165, 1.54) is 31.4 Å². The molecule has 0 bridgehead atoms. The lowest BCUT2D eigenvalue weighted by atomic mass is 9.91. The molecule has 5 heterocycles. The van der Waals surface area contributed by atoms with E-state index in [0.29, 0.717) is 5.69 Å². The minimum Gasteiger partial charge on any atom is -0.388 e. The van der Waals surface area contributed by atoms with E-state index < -0.39 is 41.9 Å². The van der Waals surface area contributed by atoms with E-state index in [9.17, 15) is 27.9 Å². The fourth-order valence-electron chi connectivity index (χ4n) is 5.42. The summed E-state index contributed by atoms with van der Waals surface area (Å²) in [5.41, 5.74) is 2.39. The number of hydrogen-bond donors (Lipinski definition) is 2. The summed E-state index contributed by atoms with van der Waals surface area (Å²) >= 11 is 0. The molecule has 1 fully saturated rings. The molecule has 1 atom stereocenters. The van der Waals surface area contributed by atoms with E-state index in [0.717, 1.165) is 35.6 Å². The topological polar surface area (TPSA) is 123 Å². The number of alkyl halides is 2. The summed E-state index contributed by atoms with van der Waals surface area (Å²) in [6.45, 7) is 1.77. The van der Waals surface area contributed by atoms with Crippen molar-refractivity contribution in [2.75, 3.05) is 13.1 Å². The number of rotatable bonds is 7. The number of nitrogens with zero attached hydrogens (tertiary/aromatic N) is 7. The highest BCUT2D eigenvalue weighted by atomic mass is 19.3. The molecule has 2 aliphatic heterocycles. The minimum absolute atomic E-state index is 0.0592. The molecule has 0 aliphatic carbocycles. The summed E-state index contributed by atoms with van der Waals surface area (Å²) in [5, 5.41) is 22.3. The van der Waals surface area contributed by atoms with Crippen molar-refractivity contribution in [2.45, 2.75) is 57.0 Å². The van der Waals surface area contributed by atoms with Crippen molar-refractivity contribution >= 4 is 11.6 Å². The van der Waals surface area contributed by atoms with Crippen molar-refractivity contribution in [1.29, 1.82) is 0 Å². The Balaban J connectivity index is 1.13. The number of imidazole rings is 1. The van der Waals surface area contributed by atoms with Gasteiger partial charge in [0.2, 0.25) is 17.5 Å². The van der Waals surface area contributed by atoms with Gasteiger partial charge in [-0.15, -0.1) is 5.10 Å². The Morgan fingerprint density at radius 2 is 1.93 bits per heavy atom. The van der Waals surface area contributed by atoms with Crippen LogP contribution in [0, 0.1) is 5.95 Å². The summed E-state index contributed by atoms with van der Waals surface area (Å²) in [6.07, 6.45) is 0.831. The molecular weight excluding hydrogens is 529 g/mol. The molecule has 4 aromatic rings. The molecule has 3 aromatic heterocycles. The average Bonchev–Trinajstić information content (AvgIpc) is 3.68. The second-order valence-corrected chi connectivity index (χ2v) is 10.4. The van der Waals surface area contributed by atoms with E-state index in [-0.39, 0.29) is 38.1 Å². The number of benzene rings is 1. The number of carbonyl (C=O) groups excluding carboxylic acids is 1. The molecule has 0 radical (unpaired) electrons. The molecule has 2 N–H and O–H groups in total. The van der Waals surface area contributed by atoms with Crippen LogP contribution in [0.4, 0.5) is 13.2 Å². The van der Waals surface area contributed by atoms with Crippen LogP contribution in [-0.2, 0) is 24.4 Å². The zero-order valence-electron chi connectivity index (χ0n) is 21.4. The zero-order valence-corrected chi connectivity index (χ0v) is 21.4. The van der Waals surface area contributed by atoms with Crippen molar-refractivity contribution in [3.8, 4) is 11.3 Å². The maximum absolute atomic E-state index is 13.5. The van der Waals surface area contributed by atoms with Crippen LogP contribution in [0.25, 0.3) is 16.9 Å². The van der Waals surface area contributed by atoms with Crippen LogP contribution in [0.1, 0.15) is 36.4 Å². The zero-order chi connectivity index (χ0) is 28.0. The third kappa shape index (κ3) is 4.88. The number of amides is 1. The third-order valence-corrected chi connectivity index (χ3v) is 7.73. The van der Waals surface area contributed by atoms with Gasteiger partial charge in [-0.1, -0.05) is 12.1 Å². The summed E-state index contributed by atoms with van der Waals surface area (Å²) in [7, 11) is 0. The van der Waals surface area contributed by atoms with Gasteiger partial charge in [-0.2, -0.15) is 9.49 Å². The number of hydrogen-bond acceptors (Lipinski definition) is 7. The van der Waals surface area contributed by atoms with Crippen LogP contribution in [0.3, 0.4) is 0 Å². The minimum atomic E-state index is -2.91. The van der Waals surface area contributed by atoms with Gasteiger partial charge in [0.1, 0.15) is 12.4 Å². The van der Waals surface area contributed by atoms with Gasteiger partial charge >= 0.3 is 0 Å². The van der Waals surface area contributed by atoms with E-state index >= 15 is 0 Å². The number of aliphatic hydroxyl groups is 1. The molecule has 6 rings (SSSR count). The Hall–Kier alpha value is -4.04. The van der Waals surface area contributed by atoms with Crippen molar-refractivity contribution < 1.29 is 23.1 Å². The van der Waals surface area contributed by atoms with Gasteiger partial charge in [-0.3, -0.25) is 18.8 Å². The van der Waals surface area contributed by atoms with E-state index in [2.05, 4.69) is 26.6 Å². The Morgan fingerprint density at radius 1 is 1.15 bits per heavy atom. The predicted molar refractivity (Wildman–Crippen MR) is 136 cm³/mol. The van der Waals surface area contributed by atoms with E-state index in [1.54, 1.807) is 6.20 Å². The smallest absolute Gasteiger partial charge is 0.296 e. The van der Waals surface area contributed by atoms with Gasteiger partial charge in [-0.25, -0.2) is 18.3 Å². The molecule has 2 aliphatic rings. The third-order valence-electron chi connectivity index (χ3n) is 7.73. The van der Waals surface area contributed by atoms with Crippen LogP contribution in [0.2, 0.25) is 0 Å². The Bertz CT molecular complexity index is 1620. The number of likely N-dealkylation sites (tertiary alicyclic amines) is 1. The maximum Gasteiger partial charge on any atom is 0.296 e.